The molecule has 2 aromatic rings. The lowest BCUT2D eigenvalue weighted by atomic mass is 9.91. The Kier molecular flexibility index (Phi) is 6.38. The van der Waals surface area contributed by atoms with Gasteiger partial charge in [0.1, 0.15) is 15.5 Å². The highest BCUT2D eigenvalue weighted by Gasteiger charge is 2.50. The maximum absolute atomic E-state index is 13.2. The largest absolute Gasteiger partial charge is 0.385 e. The molecule has 0 saturated heterocycles. The van der Waals surface area contributed by atoms with Gasteiger partial charge in [-0.1, -0.05) is 28.9 Å². The average Bonchev–Trinajstić information content (AvgIpc) is 3.34. The third-order valence-corrected chi connectivity index (χ3v) is 6.32. The SMILES string of the molecule is Cc1cccc(Cl)c1C1(/C(N)=N/OC(=O)c2cc(C(F)F)n(CCS(C)(=O)=O)n2)CC1. The number of halogens is 3. The van der Waals surface area contributed by atoms with Gasteiger partial charge in [0, 0.05) is 17.3 Å². The van der Waals surface area contributed by atoms with Crippen LogP contribution in [0, 0.1) is 6.92 Å². The van der Waals surface area contributed by atoms with Crippen molar-refractivity contribution in [3.8, 4) is 0 Å². The number of aryl methyl sites for hydroxylation is 2. The third-order valence-electron chi connectivity index (χ3n) is 5.09. The number of nitrogens with two attached hydrogens (primary N) is 1. The van der Waals surface area contributed by atoms with Crippen LogP contribution in [0.5, 0.6) is 0 Å². The summed E-state index contributed by atoms with van der Waals surface area (Å²) in [5.41, 5.74) is 6.14. The molecule has 0 amide bonds. The molecule has 3 rings (SSSR count). The monoisotopic (exact) mass is 474 g/mol. The van der Waals surface area contributed by atoms with Gasteiger partial charge in [-0.05, 0) is 37.0 Å². The molecule has 31 heavy (non-hydrogen) atoms. The summed E-state index contributed by atoms with van der Waals surface area (Å²) >= 11 is 6.32. The van der Waals surface area contributed by atoms with E-state index in [0.717, 1.165) is 28.1 Å². The van der Waals surface area contributed by atoms with Gasteiger partial charge in [0.2, 0.25) is 0 Å². The number of oxime groups is 1. The van der Waals surface area contributed by atoms with Crippen molar-refractivity contribution in [1.29, 1.82) is 0 Å². The van der Waals surface area contributed by atoms with Gasteiger partial charge in [0.05, 0.1) is 17.7 Å². The lowest BCUT2D eigenvalue weighted by molar-refractivity contribution is 0.0506. The highest BCUT2D eigenvalue weighted by atomic mass is 35.5. The molecule has 1 aliphatic carbocycles. The van der Waals surface area contributed by atoms with Crippen LogP contribution >= 0.6 is 11.6 Å². The van der Waals surface area contributed by atoms with Crippen LogP contribution < -0.4 is 5.73 Å². The molecule has 0 aliphatic heterocycles. The fourth-order valence-corrected chi connectivity index (χ4v) is 4.27. The van der Waals surface area contributed by atoms with Crippen LogP contribution in [0.4, 0.5) is 8.78 Å². The molecular weight excluding hydrogens is 454 g/mol. The average molecular weight is 475 g/mol. The smallest absolute Gasteiger partial charge is 0.384 e. The van der Waals surface area contributed by atoms with Gasteiger partial charge in [-0.3, -0.25) is 4.68 Å². The molecule has 1 aliphatic rings. The summed E-state index contributed by atoms with van der Waals surface area (Å²) in [5.74, 6) is -1.45. The quantitative estimate of drug-likeness (QED) is 0.272. The number of aromatic nitrogens is 2. The van der Waals surface area contributed by atoms with Gasteiger partial charge < -0.3 is 10.6 Å². The van der Waals surface area contributed by atoms with Crippen LogP contribution in [-0.2, 0) is 26.6 Å². The summed E-state index contributed by atoms with van der Waals surface area (Å²) in [5, 5.41) is 7.98. The van der Waals surface area contributed by atoms with Crippen molar-refractivity contribution in [2.24, 2.45) is 10.9 Å². The second-order valence-corrected chi connectivity index (χ2v) is 10.1. The number of rotatable bonds is 8. The van der Waals surface area contributed by atoms with Crippen LogP contribution in [0.3, 0.4) is 0 Å². The van der Waals surface area contributed by atoms with E-state index in [4.69, 9.17) is 22.2 Å². The third kappa shape index (κ3) is 5.04. The van der Waals surface area contributed by atoms with Crippen LogP contribution in [0.1, 0.15) is 46.6 Å². The van der Waals surface area contributed by atoms with E-state index in [1.54, 1.807) is 6.07 Å². The minimum atomic E-state index is -3.41. The van der Waals surface area contributed by atoms with E-state index in [1.807, 2.05) is 19.1 Å². The first-order valence-corrected chi connectivity index (χ1v) is 11.7. The van der Waals surface area contributed by atoms with E-state index < -0.39 is 44.8 Å². The zero-order chi connectivity index (χ0) is 23.0. The zero-order valence-corrected chi connectivity index (χ0v) is 18.4. The topological polar surface area (TPSA) is 117 Å². The summed E-state index contributed by atoms with van der Waals surface area (Å²) in [7, 11) is -3.41. The van der Waals surface area contributed by atoms with Crippen molar-refractivity contribution in [1.82, 2.24) is 9.78 Å². The number of carbonyl (C=O) groups excluding carboxylic acids is 1. The number of benzene rings is 1. The number of hydrogen-bond acceptors (Lipinski definition) is 6. The summed E-state index contributed by atoms with van der Waals surface area (Å²) in [6, 6.07) is 6.27. The lowest BCUT2D eigenvalue weighted by Gasteiger charge is -2.18. The van der Waals surface area contributed by atoms with Crippen LogP contribution in [0.25, 0.3) is 0 Å². The van der Waals surface area contributed by atoms with Crippen LogP contribution in [0.15, 0.2) is 29.4 Å². The van der Waals surface area contributed by atoms with E-state index >= 15 is 0 Å². The van der Waals surface area contributed by atoms with Crippen molar-refractivity contribution in [2.45, 2.75) is 38.2 Å². The number of amidine groups is 1. The van der Waals surface area contributed by atoms with Gasteiger partial charge >= 0.3 is 5.97 Å². The summed E-state index contributed by atoms with van der Waals surface area (Å²) in [6.45, 7) is 1.56. The van der Waals surface area contributed by atoms with Gasteiger partial charge in [-0.15, -0.1) is 0 Å². The van der Waals surface area contributed by atoms with Crippen LogP contribution in [0.2, 0.25) is 5.02 Å². The zero-order valence-electron chi connectivity index (χ0n) is 16.8. The molecule has 168 valence electrons. The molecular formula is C19H21ClF2N4O4S. The summed E-state index contributed by atoms with van der Waals surface area (Å²) < 4.78 is 49.9. The predicted octanol–water partition coefficient (Wildman–Crippen LogP) is 2.99. The predicted molar refractivity (Wildman–Crippen MR) is 111 cm³/mol. The Hall–Kier alpha value is -2.53. The minimum absolute atomic E-state index is 0.0441. The second-order valence-electron chi connectivity index (χ2n) is 7.48. The number of hydrogen-bond donors (Lipinski definition) is 1. The molecule has 8 nitrogen and oxygen atoms in total. The molecule has 0 radical (unpaired) electrons. The second kappa shape index (κ2) is 8.54. The number of sulfone groups is 1. The standard InChI is InChI=1S/C19H21ClF2N4O4S/c1-11-4-3-5-12(20)15(11)19(6-7-19)18(23)25-30-17(27)13-10-14(16(21)22)26(24-13)8-9-31(2,28)29/h3-5,10,16H,6-9H2,1-2H3,(H2,23,25). The van der Waals surface area contributed by atoms with Crippen molar-refractivity contribution in [3.05, 3.63) is 51.8 Å². The maximum atomic E-state index is 13.2. The Labute approximate surface area is 182 Å². The summed E-state index contributed by atoms with van der Waals surface area (Å²) in [4.78, 5) is 17.2. The molecule has 0 spiro atoms. The summed E-state index contributed by atoms with van der Waals surface area (Å²) in [6.07, 6.45) is -0.653. The Morgan fingerprint density at radius 2 is 2.10 bits per heavy atom. The first-order chi connectivity index (χ1) is 14.4. The molecule has 0 atom stereocenters. The molecule has 12 heteroatoms. The van der Waals surface area contributed by atoms with Crippen molar-refractivity contribution in [2.75, 3.05) is 12.0 Å². The molecule has 2 N–H and O–H groups in total. The molecule has 0 bridgehead atoms. The van der Waals surface area contributed by atoms with E-state index in [0.29, 0.717) is 17.9 Å². The normalized spacial score (nSPS) is 15.9. The molecule has 1 heterocycles. The first kappa shape index (κ1) is 23.1. The highest BCUT2D eigenvalue weighted by molar-refractivity contribution is 7.90. The van der Waals surface area contributed by atoms with Crippen molar-refractivity contribution >= 4 is 33.2 Å². The van der Waals surface area contributed by atoms with E-state index in [-0.39, 0.29) is 12.4 Å². The molecule has 1 saturated carbocycles. The van der Waals surface area contributed by atoms with E-state index in [1.165, 1.54) is 0 Å². The fourth-order valence-electron chi connectivity index (χ4n) is 3.36. The fraction of sp³-hybridized carbons (Fsp3) is 0.421. The Morgan fingerprint density at radius 1 is 1.42 bits per heavy atom. The van der Waals surface area contributed by atoms with Crippen molar-refractivity contribution < 1.29 is 26.8 Å². The Balaban J connectivity index is 1.79. The Morgan fingerprint density at radius 3 is 2.65 bits per heavy atom. The van der Waals surface area contributed by atoms with E-state index in [2.05, 4.69) is 10.3 Å². The minimum Gasteiger partial charge on any atom is -0.384 e. The Bertz CT molecular complexity index is 1120. The number of nitrogens with zero attached hydrogens (tertiary/aromatic N) is 3. The number of carbonyl (C=O) groups is 1. The highest BCUT2D eigenvalue weighted by Crippen LogP contribution is 2.51. The molecule has 1 fully saturated rings. The van der Waals surface area contributed by atoms with Gasteiger partial charge in [-0.2, -0.15) is 5.10 Å². The van der Waals surface area contributed by atoms with E-state index in [9.17, 15) is 22.0 Å². The van der Waals surface area contributed by atoms with Gasteiger partial charge in [0.25, 0.3) is 6.43 Å². The molecule has 1 aromatic heterocycles. The molecule has 0 unspecified atom stereocenters. The lowest BCUT2D eigenvalue weighted by Crippen LogP contribution is -2.30. The van der Waals surface area contributed by atoms with Gasteiger partial charge in [0.15, 0.2) is 11.5 Å². The van der Waals surface area contributed by atoms with Gasteiger partial charge in [-0.25, -0.2) is 22.0 Å². The van der Waals surface area contributed by atoms with Crippen LogP contribution in [-0.4, -0.2) is 42.0 Å². The van der Waals surface area contributed by atoms with Crippen molar-refractivity contribution in [3.63, 3.8) is 0 Å². The molecule has 1 aromatic carbocycles. The number of alkyl halides is 2. The maximum Gasteiger partial charge on any atom is 0.385 e. The first-order valence-electron chi connectivity index (χ1n) is 9.29.